The standard InChI is InChI=1S/C38H57NO9/c1-34(2,3)35(4,41)28-20-37-21-30-38(28,43-6)24-36(37)11-12-39(22-25-7-8-25)29(37)19-26-9-10-27(33(48-30)32(26)36)47-31(40)23-46-18-17-45-16-15-44-14-13-42-5/h9-10,25,28-30,41H,7-8,11-24H2,1-6H3/t28-,29-,30-,35+,36-,37+,38-/m1/s1. The molecule has 0 unspecified atom stereocenters. The molecule has 5 aliphatic carbocycles. The third kappa shape index (κ3) is 5.44. The van der Waals surface area contributed by atoms with Crippen molar-refractivity contribution in [2.45, 2.75) is 101 Å². The summed E-state index contributed by atoms with van der Waals surface area (Å²) in [5, 5.41) is 12.5. The van der Waals surface area contributed by atoms with Crippen molar-refractivity contribution < 1.29 is 43.1 Å². The van der Waals surface area contributed by atoms with Crippen LogP contribution in [0.15, 0.2) is 12.1 Å². The van der Waals surface area contributed by atoms with Crippen molar-refractivity contribution in [3.63, 3.8) is 0 Å². The molecule has 1 aromatic rings. The number of nitrogens with zero attached hydrogens (tertiary/aromatic N) is 1. The Balaban J connectivity index is 1.15. The molecular formula is C38H57NO9. The minimum absolute atomic E-state index is 0.0657. The number of carbonyl (C=O) groups excluding carboxylic acids is 1. The van der Waals surface area contributed by atoms with Crippen molar-refractivity contribution in [3.05, 3.63) is 23.3 Å². The van der Waals surface area contributed by atoms with Gasteiger partial charge in [-0.15, -0.1) is 0 Å². The number of benzene rings is 1. The maximum Gasteiger partial charge on any atom is 0.337 e. The molecule has 10 nitrogen and oxygen atoms in total. The van der Waals surface area contributed by atoms with Gasteiger partial charge in [0.05, 0.1) is 45.2 Å². The second kappa shape index (κ2) is 12.8. The van der Waals surface area contributed by atoms with Crippen molar-refractivity contribution in [1.29, 1.82) is 0 Å². The van der Waals surface area contributed by atoms with Crippen LogP contribution in [0.1, 0.15) is 77.3 Å². The summed E-state index contributed by atoms with van der Waals surface area (Å²) in [5.41, 5.74) is 0.268. The van der Waals surface area contributed by atoms with E-state index >= 15 is 0 Å². The number of methoxy groups -OCH3 is 2. The fourth-order valence-electron chi connectivity index (χ4n) is 10.5. The number of aliphatic hydroxyl groups is 1. The zero-order valence-corrected chi connectivity index (χ0v) is 29.9. The molecule has 1 N–H and O–H groups in total. The van der Waals surface area contributed by atoms with Crippen molar-refractivity contribution in [3.8, 4) is 11.5 Å². The molecule has 48 heavy (non-hydrogen) atoms. The van der Waals surface area contributed by atoms with Gasteiger partial charge < -0.3 is 38.3 Å². The van der Waals surface area contributed by atoms with Gasteiger partial charge in [-0.1, -0.05) is 26.8 Å². The van der Waals surface area contributed by atoms with Crippen LogP contribution in [0.25, 0.3) is 0 Å². The number of esters is 1. The molecular weight excluding hydrogens is 614 g/mol. The summed E-state index contributed by atoms with van der Waals surface area (Å²) in [4.78, 5) is 15.9. The van der Waals surface area contributed by atoms with E-state index in [2.05, 4.69) is 31.7 Å². The van der Waals surface area contributed by atoms with E-state index < -0.39 is 17.2 Å². The summed E-state index contributed by atoms with van der Waals surface area (Å²) in [6.07, 6.45) is 6.94. The number of rotatable bonds is 16. The lowest BCUT2D eigenvalue weighted by Crippen LogP contribution is -2.81. The molecule has 0 radical (unpaired) electrons. The van der Waals surface area contributed by atoms with Gasteiger partial charge >= 0.3 is 5.97 Å². The van der Waals surface area contributed by atoms with Crippen molar-refractivity contribution in [1.82, 2.24) is 4.90 Å². The first kappa shape index (κ1) is 34.6. The Labute approximate surface area is 286 Å². The van der Waals surface area contributed by atoms with E-state index in [-0.39, 0.29) is 41.5 Å². The molecule has 9 rings (SSSR count). The molecule has 2 spiro atoms. The Hall–Kier alpha value is -1.79. The molecule has 10 heteroatoms. The van der Waals surface area contributed by atoms with E-state index in [0.717, 1.165) is 51.1 Å². The van der Waals surface area contributed by atoms with Crippen molar-refractivity contribution >= 4 is 5.97 Å². The van der Waals surface area contributed by atoms with Gasteiger partial charge in [-0.05, 0) is 81.4 Å². The summed E-state index contributed by atoms with van der Waals surface area (Å²) in [5.74, 6) is 1.39. The van der Waals surface area contributed by atoms with Crippen LogP contribution >= 0.6 is 0 Å². The summed E-state index contributed by atoms with van der Waals surface area (Å²) in [6.45, 7) is 13.1. The predicted octanol–water partition coefficient (Wildman–Crippen LogP) is 4.31. The normalized spacial score (nSPS) is 34.4. The molecule has 1 saturated heterocycles. The summed E-state index contributed by atoms with van der Waals surface area (Å²) >= 11 is 0. The summed E-state index contributed by atoms with van der Waals surface area (Å²) < 4.78 is 41.4. The minimum Gasteiger partial charge on any atom is -0.483 e. The van der Waals surface area contributed by atoms with E-state index in [9.17, 15) is 9.90 Å². The van der Waals surface area contributed by atoms with E-state index in [1.165, 1.54) is 24.0 Å². The first-order chi connectivity index (χ1) is 22.9. The van der Waals surface area contributed by atoms with E-state index in [0.29, 0.717) is 50.6 Å². The Morgan fingerprint density at radius 1 is 1.00 bits per heavy atom. The number of fused-ring (bicyclic) bond motifs is 1. The lowest BCUT2D eigenvalue weighted by molar-refractivity contribution is -0.305. The highest BCUT2D eigenvalue weighted by atomic mass is 16.6. The zero-order chi connectivity index (χ0) is 34.0. The van der Waals surface area contributed by atoms with Gasteiger partial charge in [0, 0.05) is 49.1 Å². The monoisotopic (exact) mass is 671 g/mol. The van der Waals surface area contributed by atoms with Crippen LogP contribution in [0.5, 0.6) is 11.5 Å². The average molecular weight is 672 g/mol. The van der Waals surface area contributed by atoms with Gasteiger partial charge in [0.1, 0.15) is 18.3 Å². The van der Waals surface area contributed by atoms with Crippen LogP contribution in [0.2, 0.25) is 0 Å². The quantitative estimate of drug-likeness (QED) is 0.155. The summed E-state index contributed by atoms with van der Waals surface area (Å²) in [7, 11) is 3.45. The first-order valence-electron chi connectivity index (χ1n) is 18.2. The fourth-order valence-corrected chi connectivity index (χ4v) is 10.5. The van der Waals surface area contributed by atoms with Gasteiger partial charge in [-0.2, -0.15) is 0 Å². The second-order valence-electron chi connectivity index (χ2n) is 16.6. The Kier molecular flexibility index (Phi) is 9.21. The number of ether oxygens (including phenoxy) is 7. The molecule has 268 valence electrons. The van der Waals surface area contributed by atoms with Gasteiger partial charge in [0.15, 0.2) is 11.5 Å². The third-order valence-electron chi connectivity index (χ3n) is 13.4. The smallest absolute Gasteiger partial charge is 0.337 e. The van der Waals surface area contributed by atoms with E-state index in [4.69, 9.17) is 33.2 Å². The van der Waals surface area contributed by atoms with Gasteiger partial charge in [0.25, 0.3) is 0 Å². The molecule has 0 amide bonds. The summed E-state index contributed by atoms with van der Waals surface area (Å²) in [6, 6.07) is 4.47. The molecule has 0 aromatic heterocycles. The number of carbonyl (C=O) groups is 1. The van der Waals surface area contributed by atoms with E-state index in [1.807, 2.05) is 20.1 Å². The van der Waals surface area contributed by atoms with E-state index in [1.54, 1.807) is 7.11 Å². The molecule has 6 bridgehead atoms. The lowest BCUT2D eigenvalue weighted by atomic mass is 9.33. The van der Waals surface area contributed by atoms with Gasteiger partial charge in [-0.3, -0.25) is 4.90 Å². The van der Waals surface area contributed by atoms with Crippen LogP contribution in [0, 0.1) is 22.7 Å². The van der Waals surface area contributed by atoms with Crippen LogP contribution in [-0.2, 0) is 40.3 Å². The SMILES string of the molecule is COCCOCCOCCOCC(=O)Oc1ccc2c3c1O[C@@H]1C[C@]45C[C@H]([C@](C)(O)C(C)(C)C)[C@]1(OC)C[C@]34CCN(CC1CC1)[C@@H]5C2. The van der Waals surface area contributed by atoms with Gasteiger partial charge in [-0.25, -0.2) is 4.79 Å². The third-order valence-corrected chi connectivity index (χ3v) is 13.4. The fraction of sp³-hybridized carbons (Fsp3) is 0.816. The topological polar surface area (TPSA) is 105 Å². The minimum atomic E-state index is -0.987. The molecule has 3 aliphatic heterocycles. The molecule has 1 aromatic carbocycles. The largest absolute Gasteiger partial charge is 0.483 e. The number of piperidine rings is 1. The van der Waals surface area contributed by atoms with Gasteiger partial charge in [0.2, 0.25) is 0 Å². The van der Waals surface area contributed by atoms with Crippen molar-refractivity contribution in [2.24, 2.45) is 22.7 Å². The lowest BCUT2D eigenvalue weighted by Gasteiger charge is -2.75. The predicted molar refractivity (Wildman–Crippen MR) is 179 cm³/mol. The molecule has 4 saturated carbocycles. The molecule has 5 fully saturated rings. The Morgan fingerprint density at radius 3 is 2.38 bits per heavy atom. The average Bonchev–Trinajstić information content (AvgIpc) is 3.88. The van der Waals surface area contributed by atoms with Crippen LogP contribution in [0.3, 0.4) is 0 Å². The zero-order valence-electron chi connectivity index (χ0n) is 29.9. The maximum absolute atomic E-state index is 13.1. The van der Waals surface area contributed by atoms with Crippen LogP contribution in [-0.4, -0.2) is 113 Å². The first-order valence-corrected chi connectivity index (χ1v) is 18.2. The molecule has 7 atom stereocenters. The highest BCUT2D eigenvalue weighted by Crippen LogP contribution is 2.77. The maximum atomic E-state index is 13.1. The highest BCUT2D eigenvalue weighted by Gasteiger charge is 2.80. The Bertz CT molecular complexity index is 1360. The second-order valence-corrected chi connectivity index (χ2v) is 16.6. The number of hydrogen-bond acceptors (Lipinski definition) is 10. The highest BCUT2D eigenvalue weighted by molar-refractivity contribution is 5.75. The van der Waals surface area contributed by atoms with Crippen LogP contribution < -0.4 is 9.47 Å². The molecule has 3 heterocycles. The molecule has 8 aliphatic rings. The van der Waals surface area contributed by atoms with Crippen LogP contribution in [0.4, 0.5) is 0 Å². The number of likely N-dealkylation sites (tertiary alicyclic amines) is 1. The Morgan fingerprint density at radius 2 is 1.71 bits per heavy atom. The number of hydrogen-bond donors (Lipinski definition) is 1. The van der Waals surface area contributed by atoms with Crippen molar-refractivity contribution in [2.75, 3.05) is 73.6 Å².